The van der Waals surface area contributed by atoms with Gasteiger partial charge < -0.3 is 88.4 Å². The van der Waals surface area contributed by atoms with Gasteiger partial charge in [0.05, 0.1) is 0 Å². The zero-order chi connectivity index (χ0) is 46.9. The summed E-state index contributed by atoms with van der Waals surface area (Å²) in [6.07, 6.45) is 52.0. The molecule has 12 heteroatoms. The third kappa shape index (κ3) is 20.1. The van der Waals surface area contributed by atoms with Crippen molar-refractivity contribution in [2.24, 2.45) is 0 Å². The zero-order valence-corrected chi connectivity index (χ0v) is 46.8. The second kappa shape index (κ2) is 35.8. The topological polar surface area (TPSA) is 96.4 Å². The molecule has 0 aliphatic carbocycles. The van der Waals surface area contributed by atoms with Crippen LogP contribution in [-0.4, -0.2) is 46.9 Å². The SMILES string of the molecule is C#CCCC[n+]1cc(CCCO)cc(-c2cc(-c3cc(CCCO)c[n+](CCCC#C)c3)c(-c3cc(CCCO)c[n+](CCCC#C)c3)cc2-c2cc(CCCO)c[n+](CCCC#C)c2)c1.[Br-].[Br-].[Br-].[Br-]. The summed E-state index contributed by atoms with van der Waals surface area (Å²) in [5.74, 6) is 11.2. The molecule has 5 rings (SSSR count). The van der Waals surface area contributed by atoms with Crippen LogP contribution < -0.4 is 86.2 Å². The minimum Gasteiger partial charge on any atom is -1.00 e. The number of terminal acetylenes is 4. The lowest BCUT2D eigenvalue weighted by molar-refractivity contribution is -0.697. The van der Waals surface area contributed by atoms with Gasteiger partial charge in [-0.05, 0) is 110 Å². The molecule has 4 N–H and O–H groups in total. The van der Waals surface area contributed by atoms with Gasteiger partial charge >= 0.3 is 0 Å². The molecule has 5 aromatic rings. The summed E-state index contributed by atoms with van der Waals surface area (Å²) in [6, 6.07) is 13.8. The van der Waals surface area contributed by atoms with Crippen LogP contribution >= 0.6 is 0 Å². The molecule has 0 aliphatic heterocycles. The maximum Gasteiger partial charge on any atom is 0.176 e. The molecular weight excluding hydrogens is 1140 g/mol. The number of nitrogens with zero attached hydrogens (tertiary/aromatic N) is 4. The number of aromatic nitrogens is 4. The quantitative estimate of drug-likeness (QED) is 0.0230. The van der Waals surface area contributed by atoms with Crippen molar-refractivity contribution in [3.8, 4) is 93.9 Å². The van der Waals surface area contributed by atoms with Crippen LogP contribution in [0.2, 0.25) is 0 Å². The predicted octanol–water partition coefficient (Wildman–Crippen LogP) is -5.13. The number of hydrogen-bond donors (Lipinski definition) is 4. The molecule has 0 bridgehead atoms. The van der Waals surface area contributed by atoms with E-state index in [0.29, 0.717) is 51.4 Å². The molecule has 0 radical (unpaired) electrons. The summed E-state index contributed by atoms with van der Waals surface area (Å²) >= 11 is 0. The van der Waals surface area contributed by atoms with Crippen LogP contribution in [0.5, 0.6) is 0 Å². The Bertz CT molecular complexity index is 2200. The van der Waals surface area contributed by atoms with Gasteiger partial charge in [-0.15, -0.1) is 49.4 Å². The van der Waals surface area contributed by atoms with Crippen molar-refractivity contribution in [1.82, 2.24) is 0 Å². The standard InChI is InChI=1S/C58H70N4O4.4BrH/c1-5-9-13-25-59-39-47(21-17-29-63)33-51(43-59)55-37-57(53-35-49(23-19-31-65)41-61(45-53)27-15-11-7-3)58(54-36-50(24-20-32-66)42-62(46-54)28-16-12-8-4)38-56(55)52-34-48(22-18-30-64)40-60(44-52)26-14-10-6-2;;;;/h1-4,33-46,63-66H,9-32H2;4*1H/q+4;;;;/p-4. The molecule has 0 saturated carbocycles. The van der Waals surface area contributed by atoms with Crippen molar-refractivity contribution in [1.29, 1.82) is 0 Å². The van der Waals surface area contributed by atoms with Crippen LogP contribution in [-0.2, 0) is 51.9 Å². The number of hydrogen-bond acceptors (Lipinski definition) is 4. The van der Waals surface area contributed by atoms with Gasteiger partial charge in [-0.2, -0.15) is 0 Å². The van der Waals surface area contributed by atoms with Crippen LogP contribution in [0.4, 0.5) is 0 Å². The molecule has 374 valence electrons. The number of halogens is 4. The molecule has 1 aromatic carbocycles. The van der Waals surface area contributed by atoms with E-state index in [1.54, 1.807) is 0 Å². The van der Waals surface area contributed by atoms with Crippen molar-refractivity contribution >= 4 is 0 Å². The molecule has 0 unspecified atom stereocenters. The second-order valence-corrected chi connectivity index (χ2v) is 17.2. The molecule has 0 amide bonds. The Morgan fingerprint density at radius 3 is 0.714 bits per heavy atom. The van der Waals surface area contributed by atoms with Gasteiger partial charge in [0.25, 0.3) is 0 Å². The lowest BCUT2D eigenvalue weighted by Gasteiger charge is -2.18. The molecule has 0 saturated heterocycles. The number of benzene rings is 1. The van der Waals surface area contributed by atoms with Gasteiger partial charge in [0, 0.05) is 122 Å². The molecule has 0 aliphatic rings. The minimum absolute atomic E-state index is 0. The normalized spacial score (nSPS) is 10.3. The summed E-state index contributed by atoms with van der Waals surface area (Å²) < 4.78 is 8.97. The highest BCUT2D eigenvalue weighted by molar-refractivity contribution is 5.94. The highest BCUT2D eigenvalue weighted by atomic mass is 79.9. The molecule has 0 spiro atoms. The Balaban J connectivity index is 0.00000612. The smallest absolute Gasteiger partial charge is 0.176 e. The Hall–Kier alpha value is -4.18. The van der Waals surface area contributed by atoms with E-state index in [2.05, 4.69) is 128 Å². The van der Waals surface area contributed by atoms with Gasteiger partial charge in [0.1, 0.15) is 26.2 Å². The highest BCUT2D eigenvalue weighted by Crippen LogP contribution is 2.42. The Kier molecular flexibility index (Phi) is 32.7. The largest absolute Gasteiger partial charge is 1.00 e. The molecule has 4 aromatic heterocycles. The van der Waals surface area contributed by atoms with Crippen LogP contribution in [0.15, 0.2) is 86.0 Å². The minimum atomic E-state index is 0. The van der Waals surface area contributed by atoms with Gasteiger partial charge in [-0.25, -0.2) is 18.3 Å². The summed E-state index contributed by atoms with van der Waals surface area (Å²) in [5.41, 5.74) is 12.9. The maximum absolute atomic E-state index is 9.95. The van der Waals surface area contributed by atoms with Crippen LogP contribution in [0.3, 0.4) is 0 Å². The fraction of sp³-hybridized carbons (Fsp3) is 0.414. The lowest BCUT2D eigenvalue weighted by Crippen LogP contribution is -3.00. The number of aliphatic hydroxyl groups excluding tert-OH is 4. The van der Waals surface area contributed by atoms with E-state index in [1.807, 2.05) is 0 Å². The first-order chi connectivity index (χ1) is 32.4. The summed E-state index contributed by atoms with van der Waals surface area (Å²) in [7, 11) is 0. The molecule has 0 atom stereocenters. The molecular formula is C58H70Br4N4O4. The Morgan fingerprint density at radius 2 is 0.529 bits per heavy atom. The number of rotatable bonds is 28. The number of aliphatic hydroxyl groups is 4. The number of aryl methyl sites for hydroxylation is 8. The van der Waals surface area contributed by atoms with Crippen LogP contribution in [0.1, 0.15) is 99.3 Å². The molecule has 70 heavy (non-hydrogen) atoms. The predicted molar refractivity (Wildman–Crippen MR) is 263 cm³/mol. The van der Waals surface area contributed by atoms with Gasteiger partial charge in [-0.3, -0.25) is 0 Å². The second-order valence-electron chi connectivity index (χ2n) is 17.2. The molecule has 0 fully saturated rings. The third-order valence-corrected chi connectivity index (χ3v) is 11.8. The average Bonchev–Trinajstić information content (AvgIpc) is 3.33. The van der Waals surface area contributed by atoms with Crippen molar-refractivity contribution in [3.05, 3.63) is 108 Å². The first-order valence-corrected chi connectivity index (χ1v) is 23.9. The van der Waals surface area contributed by atoms with E-state index < -0.39 is 0 Å². The van der Waals surface area contributed by atoms with Crippen molar-refractivity contribution in [2.75, 3.05) is 26.4 Å². The molecule has 8 nitrogen and oxygen atoms in total. The monoisotopic (exact) mass is 1200 g/mol. The van der Waals surface area contributed by atoms with Gasteiger partial charge in [0.15, 0.2) is 49.6 Å². The van der Waals surface area contributed by atoms with E-state index in [4.69, 9.17) is 25.7 Å². The van der Waals surface area contributed by atoms with Crippen LogP contribution in [0.25, 0.3) is 44.5 Å². The fourth-order valence-corrected chi connectivity index (χ4v) is 8.61. The van der Waals surface area contributed by atoms with E-state index in [-0.39, 0.29) is 94.4 Å². The fourth-order valence-electron chi connectivity index (χ4n) is 8.61. The van der Waals surface area contributed by atoms with E-state index in [1.165, 1.54) is 0 Å². The summed E-state index contributed by atoms with van der Waals surface area (Å²) in [6.45, 7) is 3.39. The van der Waals surface area contributed by atoms with Gasteiger partial charge in [-0.1, -0.05) is 0 Å². The maximum atomic E-state index is 9.95. The van der Waals surface area contributed by atoms with E-state index in [9.17, 15) is 20.4 Å². The van der Waals surface area contributed by atoms with E-state index in [0.717, 1.165) is 144 Å². The van der Waals surface area contributed by atoms with Crippen molar-refractivity contribution in [3.63, 3.8) is 0 Å². The summed E-state index contributed by atoms with van der Waals surface area (Å²) in [4.78, 5) is 0. The first kappa shape index (κ1) is 63.8. The van der Waals surface area contributed by atoms with E-state index >= 15 is 0 Å². The van der Waals surface area contributed by atoms with Crippen molar-refractivity contribution in [2.45, 2.75) is 129 Å². The zero-order valence-electron chi connectivity index (χ0n) is 40.5. The lowest BCUT2D eigenvalue weighted by atomic mass is 9.85. The van der Waals surface area contributed by atoms with Crippen LogP contribution in [0, 0.1) is 49.4 Å². The molecule has 4 heterocycles. The summed E-state index contributed by atoms with van der Waals surface area (Å²) in [5, 5.41) is 39.8. The highest BCUT2D eigenvalue weighted by Gasteiger charge is 2.24. The number of unbranched alkanes of at least 4 members (excludes halogenated alkanes) is 4. The Labute approximate surface area is 460 Å². The third-order valence-electron chi connectivity index (χ3n) is 11.8. The average molecular weight is 1210 g/mol. The first-order valence-electron chi connectivity index (χ1n) is 23.9. The number of pyridine rings is 4. The Morgan fingerprint density at radius 1 is 0.314 bits per heavy atom. The van der Waals surface area contributed by atoms with Gasteiger partial charge in [0.2, 0.25) is 0 Å². The van der Waals surface area contributed by atoms with Crippen molar-refractivity contribution < 1.29 is 107 Å².